The molecular weight excluding hydrogens is 468 g/mol. The lowest BCUT2D eigenvalue weighted by atomic mass is 10.1. The van der Waals surface area contributed by atoms with Crippen LogP contribution in [0.3, 0.4) is 0 Å². The standard InChI is InChI=1S/C26H22N2O6S/c1-33-20-6-2-4-17(12-20)22(29)15-34-26(32)16-8-10-19(11-9-16)28-24(30)14-23(25(28)31)35-21-7-3-5-18(27)13-21/h2-13,23H,14-15,27H2,1H3. The summed E-state index contributed by atoms with van der Waals surface area (Å²) < 4.78 is 10.2. The Kier molecular flexibility index (Phi) is 7.17. The van der Waals surface area contributed by atoms with Crippen molar-refractivity contribution in [2.24, 2.45) is 0 Å². The van der Waals surface area contributed by atoms with Gasteiger partial charge in [0.2, 0.25) is 11.8 Å². The number of ketones is 1. The van der Waals surface area contributed by atoms with E-state index in [1.54, 1.807) is 42.5 Å². The Morgan fingerprint density at radius 2 is 1.74 bits per heavy atom. The quantitative estimate of drug-likeness (QED) is 0.220. The van der Waals surface area contributed by atoms with Crippen molar-refractivity contribution in [1.82, 2.24) is 0 Å². The number of benzene rings is 3. The second kappa shape index (κ2) is 10.4. The first kappa shape index (κ1) is 24.0. The molecule has 1 fully saturated rings. The number of carbonyl (C=O) groups excluding carboxylic acids is 4. The van der Waals surface area contributed by atoms with Gasteiger partial charge in [-0.05, 0) is 54.6 Å². The number of esters is 1. The van der Waals surface area contributed by atoms with Gasteiger partial charge in [0.1, 0.15) is 5.75 Å². The summed E-state index contributed by atoms with van der Waals surface area (Å²) in [6.07, 6.45) is 0.0640. The van der Waals surface area contributed by atoms with E-state index in [2.05, 4.69) is 0 Å². The van der Waals surface area contributed by atoms with Gasteiger partial charge in [0.15, 0.2) is 12.4 Å². The van der Waals surface area contributed by atoms with Gasteiger partial charge in [0, 0.05) is 22.6 Å². The molecule has 0 aromatic heterocycles. The third-order valence-electron chi connectivity index (χ3n) is 5.33. The van der Waals surface area contributed by atoms with E-state index in [4.69, 9.17) is 15.2 Å². The van der Waals surface area contributed by atoms with E-state index in [1.165, 1.54) is 43.1 Å². The highest BCUT2D eigenvalue weighted by molar-refractivity contribution is 8.00. The molecule has 1 aliphatic heterocycles. The van der Waals surface area contributed by atoms with E-state index in [0.29, 0.717) is 22.7 Å². The summed E-state index contributed by atoms with van der Waals surface area (Å²) in [6, 6.07) is 19.6. The smallest absolute Gasteiger partial charge is 0.338 e. The molecule has 3 aromatic rings. The first-order valence-corrected chi connectivity index (χ1v) is 11.6. The van der Waals surface area contributed by atoms with Crippen molar-refractivity contribution in [1.29, 1.82) is 0 Å². The summed E-state index contributed by atoms with van der Waals surface area (Å²) in [5.41, 5.74) is 7.29. The number of anilines is 2. The van der Waals surface area contributed by atoms with Crippen LogP contribution in [0, 0.1) is 0 Å². The average Bonchev–Trinajstić information content (AvgIpc) is 3.14. The van der Waals surface area contributed by atoms with Gasteiger partial charge >= 0.3 is 5.97 Å². The molecule has 0 saturated carbocycles. The normalized spacial score (nSPS) is 15.2. The number of thioether (sulfide) groups is 1. The Balaban J connectivity index is 1.38. The lowest BCUT2D eigenvalue weighted by molar-refractivity contribution is -0.121. The number of methoxy groups -OCH3 is 1. The maximum atomic E-state index is 12.9. The summed E-state index contributed by atoms with van der Waals surface area (Å²) in [7, 11) is 1.50. The molecule has 1 aliphatic rings. The minimum absolute atomic E-state index is 0.0640. The Morgan fingerprint density at radius 1 is 1.00 bits per heavy atom. The number of nitrogens with zero attached hydrogens (tertiary/aromatic N) is 1. The lowest BCUT2D eigenvalue weighted by Gasteiger charge is -2.15. The number of imide groups is 1. The Morgan fingerprint density at radius 3 is 2.46 bits per heavy atom. The highest BCUT2D eigenvalue weighted by Crippen LogP contribution is 2.34. The molecule has 1 unspecified atom stereocenters. The van der Waals surface area contributed by atoms with Gasteiger partial charge in [-0.2, -0.15) is 0 Å². The van der Waals surface area contributed by atoms with Crippen LogP contribution >= 0.6 is 11.8 Å². The Labute approximate surface area is 206 Å². The van der Waals surface area contributed by atoms with Gasteiger partial charge in [-0.1, -0.05) is 18.2 Å². The van der Waals surface area contributed by atoms with E-state index in [0.717, 1.165) is 9.80 Å². The zero-order valence-corrected chi connectivity index (χ0v) is 19.6. The van der Waals surface area contributed by atoms with Gasteiger partial charge in [-0.25, -0.2) is 9.69 Å². The molecule has 1 saturated heterocycles. The van der Waals surface area contributed by atoms with E-state index in [1.807, 2.05) is 6.07 Å². The predicted molar refractivity (Wildman–Crippen MR) is 132 cm³/mol. The SMILES string of the molecule is COc1cccc(C(=O)COC(=O)c2ccc(N3C(=O)CC(Sc4cccc(N)c4)C3=O)cc2)c1. The number of hydrogen-bond acceptors (Lipinski definition) is 8. The van der Waals surface area contributed by atoms with Crippen LogP contribution in [0.2, 0.25) is 0 Å². The molecule has 1 atom stereocenters. The highest BCUT2D eigenvalue weighted by Gasteiger charge is 2.40. The summed E-state index contributed by atoms with van der Waals surface area (Å²) in [4.78, 5) is 52.1. The van der Waals surface area contributed by atoms with E-state index in [9.17, 15) is 19.2 Å². The minimum Gasteiger partial charge on any atom is -0.497 e. The van der Waals surface area contributed by atoms with Crippen LogP contribution in [0.15, 0.2) is 77.7 Å². The number of nitrogens with two attached hydrogens (primary N) is 1. The largest absolute Gasteiger partial charge is 0.497 e. The predicted octanol–water partition coefficient (Wildman–Crippen LogP) is 3.74. The third-order valence-corrected chi connectivity index (χ3v) is 6.51. The first-order chi connectivity index (χ1) is 16.9. The molecule has 8 nitrogen and oxygen atoms in total. The topological polar surface area (TPSA) is 116 Å². The van der Waals surface area contributed by atoms with E-state index in [-0.39, 0.29) is 29.6 Å². The third kappa shape index (κ3) is 5.52. The second-order valence-electron chi connectivity index (χ2n) is 7.73. The van der Waals surface area contributed by atoms with Gasteiger partial charge < -0.3 is 15.2 Å². The van der Waals surface area contributed by atoms with Crippen LogP contribution < -0.4 is 15.4 Å². The van der Waals surface area contributed by atoms with Crippen LogP contribution in [0.25, 0.3) is 0 Å². The summed E-state index contributed by atoms with van der Waals surface area (Å²) in [5, 5.41) is -0.559. The molecule has 1 heterocycles. The minimum atomic E-state index is -0.693. The number of nitrogen functional groups attached to an aromatic ring is 1. The van der Waals surface area contributed by atoms with Gasteiger partial charge in [0.25, 0.3) is 0 Å². The van der Waals surface area contributed by atoms with Crippen molar-refractivity contribution in [2.75, 3.05) is 24.4 Å². The molecule has 3 aromatic carbocycles. The monoisotopic (exact) mass is 490 g/mol. The number of Topliss-reactive ketones (excluding diaryl/α,β-unsaturated/α-hetero) is 1. The van der Waals surface area contributed by atoms with Crippen molar-refractivity contribution in [2.45, 2.75) is 16.6 Å². The Bertz CT molecular complexity index is 1290. The maximum absolute atomic E-state index is 12.9. The van der Waals surface area contributed by atoms with Crippen LogP contribution in [0.5, 0.6) is 5.75 Å². The lowest BCUT2D eigenvalue weighted by Crippen LogP contribution is -2.31. The molecule has 178 valence electrons. The molecule has 2 N–H and O–H groups in total. The highest BCUT2D eigenvalue weighted by atomic mass is 32.2. The van der Waals surface area contributed by atoms with Gasteiger partial charge in [-0.15, -0.1) is 11.8 Å². The fraction of sp³-hybridized carbons (Fsp3) is 0.154. The van der Waals surface area contributed by atoms with Gasteiger partial charge in [0.05, 0.1) is 23.6 Å². The molecule has 0 bridgehead atoms. The fourth-order valence-electron chi connectivity index (χ4n) is 3.56. The van der Waals surface area contributed by atoms with Crippen molar-refractivity contribution in [3.05, 3.63) is 83.9 Å². The molecule has 0 radical (unpaired) electrons. The maximum Gasteiger partial charge on any atom is 0.338 e. The molecular formula is C26H22N2O6S. The van der Waals surface area contributed by atoms with Gasteiger partial charge in [-0.3, -0.25) is 14.4 Å². The van der Waals surface area contributed by atoms with Crippen LogP contribution in [-0.4, -0.2) is 42.5 Å². The molecule has 35 heavy (non-hydrogen) atoms. The molecule has 9 heteroatoms. The van der Waals surface area contributed by atoms with Crippen molar-refractivity contribution < 1.29 is 28.7 Å². The summed E-state index contributed by atoms with van der Waals surface area (Å²) >= 11 is 1.29. The first-order valence-electron chi connectivity index (χ1n) is 10.7. The average molecular weight is 491 g/mol. The molecule has 0 spiro atoms. The zero-order valence-electron chi connectivity index (χ0n) is 18.8. The van der Waals surface area contributed by atoms with E-state index < -0.39 is 17.8 Å². The van der Waals surface area contributed by atoms with Crippen molar-refractivity contribution in [3.63, 3.8) is 0 Å². The zero-order chi connectivity index (χ0) is 24.9. The number of hydrogen-bond donors (Lipinski definition) is 1. The molecule has 0 aliphatic carbocycles. The van der Waals surface area contributed by atoms with Crippen LogP contribution in [-0.2, 0) is 14.3 Å². The van der Waals surface area contributed by atoms with Crippen LogP contribution in [0.4, 0.5) is 11.4 Å². The number of amides is 2. The number of ether oxygens (including phenoxy) is 2. The molecule has 2 amide bonds. The Hall–Kier alpha value is -4.11. The summed E-state index contributed by atoms with van der Waals surface area (Å²) in [6.45, 7) is -0.431. The number of carbonyl (C=O) groups is 4. The van der Waals surface area contributed by atoms with Crippen molar-refractivity contribution >= 4 is 46.7 Å². The summed E-state index contributed by atoms with van der Waals surface area (Å²) in [5.74, 6) is -1.19. The fourth-order valence-corrected chi connectivity index (χ4v) is 4.68. The molecule has 4 rings (SSSR count). The number of rotatable bonds is 8. The van der Waals surface area contributed by atoms with E-state index >= 15 is 0 Å². The second-order valence-corrected chi connectivity index (χ2v) is 9.00. The van der Waals surface area contributed by atoms with Crippen LogP contribution in [0.1, 0.15) is 27.1 Å². The van der Waals surface area contributed by atoms with Crippen molar-refractivity contribution in [3.8, 4) is 5.75 Å².